The summed E-state index contributed by atoms with van der Waals surface area (Å²) in [5, 5.41) is 4.08. The van der Waals surface area contributed by atoms with Gasteiger partial charge < -0.3 is 9.88 Å². The molecule has 0 saturated heterocycles. The van der Waals surface area contributed by atoms with Crippen LogP contribution >= 0.6 is 11.3 Å². The zero-order chi connectivity index (χ0) is 14.9. The average molecular weight is 311 g/mol. The van der Waals surface area contributed by atoms with E-state index in [-0.39, 0.29) is 5.91 Å². The van der Waals surface area contributed by atoms with E-state index in [1.807, 2.05) is 36.5 Å². The first-order valence-electron chi connectivity index (χ1n) is 7.61. The van der Waals surface area contributed by atoms with E-state index in [1.165, 1.54) is 17.5 Å². The molecule has 0 spiro atoms. The minimum atomic E-state index is 0.0120. The molecule has 1 aromatic carbocycles. The Morgan fingerprint density at radius 2 is 2.14 bits per heavy atom. The molecule has 2 heterocycles. The van der Waals surface area contributed by atoms with Crippen LogP contribution in [-0.2, 0) is 6.42 Å². The molecule has 22 heavy (non-hydrogen) atoms. The van der Waals surface area contributed by atoms with Gasteiger partial charge in [0.05, 0.1) is 15.2 Å². The zero-order valence-corrected chi connectivity index (χ0v) is 13.0. The highest BCUT2D eigenvalue weighted by atomic mass is 32.1. The molecular weight excluding hydrogens is 294 g/mol. The van der Waals surface area contributed by atoms with Crippen molar-refractivity contribution in [2.45, 2.75) is 25.3 Å². The number of rotatable bonds is 5. The second kappa shape index (κ2) is 5.57. The van der Waals surface area contributed by atoms with Crippen LogP contribution in [0.15, 0.2) is 42.6 Å². The van der Waals surface area contributed by atoms with Gasteiger partial charge in [0.1, 0.15) is 5.69 Å². The Morgan fingerprint density at radius 3 is 2.95 bits per heavy atom. The second-order valence-electron chi connectivity index (χ2n) is 5.61. The summed E-state index contributed by atoms with van der Waals surface area (Å²) in [5.74, 6) is 0.0120. The summed E-state index contributed by atoms with van der Waals surface area (Å²) in [5.41, 5.74) is 1.81. The largest absolute Gasteiger partial charge is 0.350 e. The van der Waals surface area contributed by atoms with Gasteiger partial charge >= 0.3 is 0 Å². The molecule has 1 aliphatic carbocycles. The molecule has 0 aliphatic heterocycles. The van der Waals surface area contributed by atoms with Crippen LogP contribution in [-0.4, -0.2) is 22.0 Å². The maximum atomic E-state index is 12.3. The van der Waals surface area contributed by atoms with Crippen LogP contribution in [0.2, 0.25) is 0 Å². The Morgan fingerprint density at radius 1 is 1.27 bits per heavy atom. The highest BCUT2D eigenvalue weighted by Crippen LogP contribution is 2.35. The van der Waals surface area contributed by atoms with E-state index in [2.05, 4.69) is 20.9 Å². The van der Waals surface area contributed by atoms with Gasteiger partial charge in [-0.2, -0.15) is 0 Å². The van der Waals surface area contributed by atoms with Crippen molar-refractivity contribution in [3.8, 4) is 0 Å². The molecule has 1 N–H and O–H groups in total. The molecule has 0 bridgehead atoms. The van der Waals surface area contributed by atoms with Gasteiger partial charge in [-0.3, -0.25) is 4.79 Å². The van der Waals surface area contributed by atoms with Crippen LogP contribution in [0.4, 0.5) is 0 Å². The van der Waals surface area contributed by atoms with Crippen LogP contribution < -0.4 is 5.32 Å². The lowest BCUT2D eigenvalue weighted by atomic mass is 10.3. The molecule has 3 aromatic rings. The van der Waals surface area contributed by atoms with E-state index >= 15 is 0 Å². The Labute approximate surface area is 132 Å². The Bertz CT molecular complexity index is 783. The van der Waals surface area contributed by atoms with Crippen molar-refractivity contribution in [2.75, 3.05) is 6.54 Å². The molecule has 2 aromatic heterocycles. The zero-order valence-electron chi connectivity index (χ0n) is 12.2. The highest BCUT2D eigenvalue weighted by molar-refractivity contribution is 7.18. The van der Waals surface area contributed by atoms with E-state index < -0.39 is 0 Å². The van der Waals surface area contributed by atoms with Crippen molar-refractivity contribution in [2.24, 2.45) is 0 Å². The minimum Gasteiger partial charge on any atom is -0.350 e. The van der Waals surface area contributed by atoms with Crippen LogP contribution in [0.3, 0.4) is 0 Å². The van der Waals surface area contributed by atoms with Crippen LogP contribution in [0, 0.1) is 0 Å². The third-order valence-electron chi connectivity index (χ3n) is 3.91. The SMILES string of the molecule is O=C(NCCc1nc2ccccc2s1)c1cccn1C1CC1. The van der Waals surface area contributed by atoms with Gasteiger partial charge in [-0.25, -0.2) is 4.98 Å². The first-order chi connectivity index (χ1) is 10.8. The number of nitrogens with one attached hydrogen (secondary N) is 1. The lowest BCUT2D eigenvalue weighted by Gasteiger charge is -2.08. The normalized spacial score (nSPS) is 14.4. The number of thiazole rings is 1. The van der Waals surface area contributed by atoms with Crippen LogP contribution in [0.25, 0.3) is 10.2 Å². The van der Waals surface area contributed by atoms with Gasteiger partial charge in [0.25, 0.3) is 5.91 Å². The fraction of sp³-hybridized carbons (Fsp3) is 0.294. The van der Waals surface area contributed by atoms with Crippen LogP contribution in [0.5, 0.6) is 0 Å². The van der Waals surface area contributed by atoms with E-state index in [1.54, 1.807) is 11.3 Å². The summed E-state index contributed by atoms with van der Waals surface area (Å²) in [4.78, 5) is 16.9. The second-order valence-corrected chi connectivity index (χ2v) is 6.73. The van der Waals surface area contributed by atoms with Crippen molar-refractivity contribution >= 4 is 27.5 Å². The predicted molar refractivity (Wildman–Crippen MR) is 88.4 cm³/mol. The number of carbonyl (C=O) groups is 1. The summed E-state index contributed by atoms with van der Waals surface area (Å²) >= 11 is 1.70. The van der Waals surface area contributed by atoms with Gasteiger partial charge in [-0.15, -0.1) is 11.3 Å². The van der Waals surface area contributed by atoms with Gasteiger partial charge in [-0.05, 0) is 37.1 Å². The van der Waals surface area contributed by atoms with E-state index in [4.69, 9.17) is 0 Å². The summed E-state index contributed by atoms with van der Waals surface area (Å²) in [6.07, 6.45) is 5.14. The molecule has 1 saturated carbocycles. The van der Waals surface area contributed by atoms with Crippen molar-refractivity contribution in [3.05, 3.63) is 53.3 Å². The van der Waals surface area contributed by atoms with Crippen molar-refractivity contribution in [1.29, 1.82) is 0 Å². The number of benzene rings is 1. The molecule has 1 amide bonds. The first-order valence-corrected chi connectivity index (χ1v) is 8.42. The number of para-hydroxylation sites is 1. The van der Waals surface area contributed by atoms with Crippen molar-refractivity contribution in [1.82, 2.24) is 14.9 Å². The van der Waals surface area contributed by atoms with Crippen molar-refractivity contribution in [3.63, 3.8) is 0 Å². The number of carbonyl (C=O) groups excluding carboxylic acids is 1. The molecule has 1 fully saturated rings. The Kier molecular flexibility index (Phi) is 3.42. The van der Waals surface area contributed by atoms with Crippen molar-refractivity contribution < 1.29 is 4.79 Å². The number of nitrogens with zero attached hydrogens (tertiary/aromatic N) is 2. The lowest BCUT2D eigenvalue weighted by molar-refractivity contribution is 0.0944. The molecule has 0 unspecified atom stereocenters. The average Bonchev–Trinajstić information content (AvgIpc) is 3.11. The Balaban J connectivity index is 1.38. The van der Waals surface area contributed by atoms with Gasteiger partial charge in [0.2, 0.25) is 0 Å². The van der Waals surface area contributed by atoms with Gasteiger partial charge in [0.15, 0.2) is 0 Å². The fourth-order valence-electron chi connectivity index (χ4n) is 2.66. The van der Waals surface area contributed by atoms with E-state index in [9.17, 15) is 4.79 Å². The standard InChI is InChI=1S/C17H17N3OS/c21-17(14-5-3-11-20(14)12-7-8-12)18-10-9-16-19-13-4-1-2-6-15(13)22-16/h1-6,11-12H,7-10H2,(H,18,21). The number of aromatic nitrogens is 2. The molecular formula is C17H17N3OS. The fourth-order valence-corrected chi connectivity index (χ4v) is 3.62. The maximum Gasteiger partial charge on any atom is 0.267 e. The minimum absolute atomic E-state index is 0.0120. The number of hydrogen-bond acceptors (Lipinski definition) is 3. The first kappa shape index (κ1) is 13.5. The van der Waals surface area contributed by atoms with Crippen LogP contribution in [0.1, 0.15) is 34.4 Å². The lowest BCUT2D eigenvalue weighted by Crippen LogP contribution is -2.27. The molecule has 1 aliphatic rings. The third-order valence-corrected chi connectivity index (χ3v) is 5.01. The molecule has 0 radical (unpaired) electrons. The van der Waals surface area contributed by atoms with E-state index in [0.29, 0.717) is 12.6 Å². The highest BCUT2D eigenvalue weighted by Gasteiger charge is 2.26. The smallest absolute Gasteiger partial charge is 0.267 e. The number of hydrogen-bond donors (Lipinski definition) is 1. The monoisotopic (exact) mass is 311 g/mol. The summed E-state index contributed by atoms with van der Waals surface area (Å²) in [6.45, 7) is 0.620. The third kappa shape index (κ3) is 2.64. The van der Waals surface area contributed by atoms with E-state index in [0.717, 1.165) is 22.6 Å². The number of fused-ring (bicyclic) bond motifs is 1. The summed E-state index contributed by atoms with van der Waals surface area (Å²) < 4.78 is 3.29. The topological polar surface area (TPSA) is 46.9 Å². The molecule has 0 atom stereocenters. The molecule has 5 heteroatoms. The van der Waals surface area contributed by atoms with Gasteiger partial charge in [0, 0.05) is 25.2 Å². The predicted octanol–water partition coefficient (Wildman–Crippen LogP) is 3.41. The Hall–Kier alpha value is -2.14. The molecule has 112 valence electrons. The molecule has 4 rings (SSSR count). The maximum absolute atomic E-state index is 12.3. The summed E-state index contributed by atoms with van der Waals surface area (Å²) in [6, 6.07) is 12.5. The van der Waals surface area contributed by atoms with Gasteiger partial charge in [-0.1, -0.05) is 12.1 Å². The quantitative estimate of drug-likeness (QED) is 0.785. The molecule has 4 nitrogen and oxygen atoms in total. The number of amides is 1. The summed E-state index contributed by atoms with van der Waals surface area (Å²) in [7, 11) is 0.